The number of aromatic nitrogens is 3. The summed E-state index contributed by atoms with van der Waals surface area (Å²) in [6.45, 7) is 1.50. The second kappa shape index (κ2) is 2.32. The minimum Gasteiger partial charge on any atom is -0.371 e. The molecule has 56 valence electrons. The lowest BCUT2D eigenvalue weighted by molar-refractivity contribution is 0.373. The molecule has 0 aliphatic carbocycles. The number of nitrogens with zero attached hydrogens (tertiary/aromatic N) is 4. The maximum Gasteiger partial charge on any atom is 0.252 e. The highest BCUT2D eigenvalue weighted by atomic mass is 16.6. The normalized spacial score (nSPS) is 21.2. The van der Waals surface area contributed by atoms with Gasteiger partial charge in [0, 0.05) is 0 Å². The van der Waals surface area contributed by atoms with Crippen molar-refractivity contribution in [3.63, 3.8) is 0 Å². The molecule has 1 fully saturated rings. The lowest BCUT2D eigenvalue weighted by Crippen LogP contribution is -2.04. The van der Waals surface area contributed by atoms with E-state index in [-0.39, 0.29) is 11.9 Å². The molecule has 5 nitrogen and oxygen atoms in total. The Labute approximate surface area is 63.2 Å². The van der Waals surface area contributed by atoms with Gasteiger partial charge in [-0.3, -0.25) is 0 Å². The number of hydrogen-bond donors (Lipinski definition) is 0. The Balaban J connectivity index is 2.07. The molecule has 11 heavy (non-hydrogen) atoms. The van der Waals surface area contributed by atoms with Gasteiger partial charge in [-0.05, 0) is 0 Å². The second-order valence-electron chi connectivity index (χ2n) is 2.36. The van der Waals surface area contributed by atoms with Crippen LogP contribution in [0.4, 0.5) is 0 Å². The van der Waals surface area contributed by atoms with Crippen molar-refractivity contribution in [3.05, 3.63) is 12.2 Å². The molecule has 0 N–H and O–H groups in total. The molecule has 1 aliphatic rings. The minimum absolute atomic E-state index is 0.214. The third-order valence-electron chi connectivity index (χ3n) is 1.43. The summed E-state index contributed by atoms with van der Waals surface area (Å²) in [4.78, 5) is 3.75. The van der Waals surface area contributed by atoms with Crippen molar-refractivity contribution in [2.45, 2.75) is 12.6 Å². The maximum atomic E-state index is 8.38. The zero-order valence-electron chi connectivity index (χ0n) is 5.77. The van der Waals surface area contributed by atoms with Gasteiger partial charge in [-0.25, -0.2) is 9.67 Å². The van der Waals surface area contributed by atoms with Crippen LogP contribution >= 0.6 is 0 Å². The highest BCUT2D eigenvalue weighted by Gasteiger charge is 2.23. The molecule has 1 aliphatic heterocycles. The molecular formula is C6H6N4O. The molecular weight excluding hydrogens is 144 g/mol. The summed E-state index contributed by atoms with van der Waals surface area (Å²) in [5.74, 6) is 0.214. The molecule has 0 amide bonds. The van der Waals surface area contributed by atoms with E-state index in [2.05, 4.69) is 10.1 Å². The van der Waals surface area contributed by atoms with Crippen molar-refractivity contribution in [1.82, 2.24) is 14.8 Å². The van der Waals surface area contributed by atoms with E-state index in [1.54, 1.807) is 11.0 Å². The highest BCUT2D eigenvalue weighted by molar-refractivity contribution is 5.05. The van der Waals surface area contributed by atoms with Crippen LogP contribution in [0, 0.1) is 11.3 Å². The monoisotopic (exact) mass is 150 g/mol. The van der Waals surface area contributed by atoms with Crippen molar-refractivity contribution in [2.24, 2.45) is 0 Å². The van der Waals surface area contributed by atoms with E-state index in [9.17, 15) is 0 Å². The minimum atomic E-state index is 0.214. The Morgan fingerprint density at radius 3 is 3.27 bits per heavy atom. The quantitative estimate of drug-likeness (QED) is 0.535. The first-order valence-electron chi connectivity index (χ1n) is 3.29. The van der Waals surface area contributed by atoms with Gasteiger partial charge in [0.05, 0.1) is 13.2 Å². The molecule has 0 unspecified atom stereocenters. The summed E-state index contributed by atoms with van der Waals surface area (Å²) in [7, 11) is 0. The fourth-order valence-electron chi connectivity index (χ4n) is 0.816. The molecule has 5 heteroatoms. The van der Waals surface area contributed by atoms with Gasteiger partial charge in [0.25, 0.3) is 5.82 Å². The molecule has 0 saturated carbocycles. The van der Waals surface area contributed by atoms with Crippen LogP contribution < -0.4 is 0 Å². The van der Waals surface area contributed by atoms with Gasteiger partial charge in [0.1, 0.15) is 18.5 Å². The van der Waals surface area contributed by atoms with Gasteiger partial charge < -0.3 is 4.74 Å². The van der Waals surface area contributed by atoms with Crippen molar-refractivity contribution in [1.29, 1.82) is 5.26 Å². The van der Waals surface area contributed by atoms with Crippen molar-refractivity contribution >= 4 is 0 Å². The largest absolute Gasteiger partial charge is 0.371 e. The third kappa shape index (κ3) is 1.36. The second-order valence-corrected chi connectivity index (χ2v) is 2.36. The Bertz CT molecular complexity index is 296. The summed E-state index contributed by atoms with van der Waals surface area (Å²) in [6.07, 6.45) is 1.82. The predicted molar refractivity (Wildman–Crippen MR) is 34.5 cm³/mol. The van der Waals surface area contributed by atoms with E-state index in [0.29, 0.717) is 6.54 Å². The van der Waals surface area contributed by atoms with Crippen molar-refractivity contribution < 1.29 is 4.74 Å². The van der Waals surface area contributed by atoms with Gasteiger partial charge >= 0.3 is 0 Å². The standard InChI is InChI=1S/C6H6N4O/c7-1-6-8-4-10(9-6)2-5-3-11-5/h4-5H,2-3H2/t5-/m1/s1. The molecule has 2 rings (SSSR count). The van der Waals surface area contributed by atoms with Gasteiger partial charge in [0.15, 0.2) is 0 Å². The van der Waals surface area contributed by atoms with Gasteiger partial charge in [0.2, 0.25) is 0 Å². The molecule has 0 aromatic carbocycles. The Morgan fingerprint density at radius 2 is 2.73 bits per heavy atom. The van der Waals surface area contributed by atoms with Crippen LogP contribution in [0.15, 0.2) is 6.33 Å². The molecule has 1 aromatic heterocycles. The zero-order chi connectivity index (χ0) is 7.68. The zero-order valence-corrected chi connectivity index (χ0v) is 5.77. The summed E-state index contributed by atoms with van der Waals surface area (Å²) in [6, 6.07) is 1.86. The topological polar surface area (TPSA) is 67.0 Å². The summed E-state index contributed by atoms with van der Waals surface area (Å²) >= 11 is 0. The molecule has 2 heterocycles. The summed E-state index contributed by atoms with van der Waals surface area (Å²) in [5.41, 5.74) is 0. The molecule has 1 saturated heterocycles. The van der Waals surface area contributed by atoms with Crippen LogP contribution in [-0.2, 0) is 11.3 Å². The number of rotatable bonds is 2. The van der Waals surface area contributed by atoms with Crippen LogP contribution in [-0.4, -0.2) is 27.5 Å². The summed E-state index contributed by atoms with van der Waals surface area (Å²) in [5, 5.41) is 12.3. The smallest absolute Gasteiger partial charge is 0.252 e. The first kappa shape index (κ1) is 6.31. The van der Waals surface area contributed by atoms with Crippen LogP contribution in [0.3, 0.4) is 0 Å². The highest BCUT2D eigenvalue weighted by Crippen LogP contribution is 2.10. The maximum absolute atomic E-state index is 8.38. The van der Waals surface area contributed by atoms with Crippen LogP contribution in [0.5, 0.6) is 0 Å². The van der Waals surface area contributed by atoms with E-state index in [4.69, 9.17) is 10.00 Å². The van der Waals surface area contributed by atoms with Gasteiger partial charge in [-0.15, -0.1) is 5.10 Å². The number of nitriles is 1. The lowest BCUT2D eigenvalue weighted by Gasteiger charge is -1.91. The molecule has 0 bridgehead atoms. The number of epoxide rings is 1. The van der Waals surface area contributed by atoms with Crippen LogP contribution in [0.2, 0.25) is 0 Å². The SMILES string of the molecule is N#Cc1ncn(C[C@@H]2CO2)n1. The lowest BCUT2D eigenvalue weighted by atomic mass is 10.5. The first-order chi connectivity index (χ1) is 5.38. The Morgan fingerprint density at radius 1 is 1.91 bits per heavy atom. The summed E-state index contributed by atoms with van der Waals surface area (Å²) < 4.78 is 6.61. The molecule has 0 spiro atoms. The number of hydrogen-bond acceptors (Lipinski definition) is 4. The van der Waals surface area contributed by atoms with E-state index in [1.807, 2.05) is 6.07 Å². The van der Waals surface area contributed by atoms with Crippen LogP contribution in [0.25, 0.3) is 0 Å². The van der Waals surface area contributed by atoms with E-state index in [1.165, 1.54) is 0 Å². The molecule has 0 radical (unpaired) electrons. The van der Waals surface area contributed by atoms with Crippen molar-refractivity contribution in [2.75, 3.05) is 6.61 Å². The molecule has 1 aromatic rings. The Hall–Kier alpha value is -1.41. The van der Waals surface area contributed by atoms with E-state index < -0.39 is 0 Å². The van der Waals surface area contributed by atoms with Crippen LogP contribution in [0.1, 0.15) is 5.82 Å². The fourth-order valence-corrected chi connectivity index (χ4v) is 0.816. The Kier molecular flexibility index (Phi) is 1.33. The average molecular weight is 150 g/mol. The fraction of sp³-hybridized carbons (Fsp3) is 0.500. The van der Waals surface area contributed by atoms with Gasteiger partial charge in [-0.2, -0.15) is 5.26 Å². The van der Waals surface area contributed by atoms with E-state index in [0.717, 1.165) is 6.61 Å². The predicted octanol–water partition coefficient (Wildman–Crippen LogP) is -0.451. The third-order valence-corrected chi connectivity index (χ3v) is 1.43. The van der Waals surface area contributed by atoms with E-state index >= 15 is 0 Å². The van der Waals surface area contributed by atoms with Gasteiger partial charge in [-0.1, -0.05) is 0 Å². The average Bonchev–Trinajstić information content (AvgIpc) is 2.68. The van der Waals surface area contributed by atoms with Crippen molar-refractivity contribution in [3.8, 4) is 6.07 Å². The number of ether oxygens (including phenoxy) is 1. The molecule has 1 atom stereocenters. The first-order valence-corrected chi connectivity index (χ1v) is 3.29.